The van der Waals surface area contributed by atoms with Crippen molar-refractivity contribution >= 4 is 41.5 Å². The molecule has 0 atom stereocenters. The monoisotopic (exact) mass is 507 g/mol. The zero-order chi connectivity index (χ0) is 19.6. The van der Waals surface area contributed by atoms with Crippen molar-refractivity contribution in [2.24, 2.45) is 4.99 Å². The van der Waals surface area contributed by atoms with Crippen LogP contribution in [-0.2, 0) is 17.8 Å². The lowest BCUT2D eigenvalue weighted by molar-refractivity contribution is -0.120. The second-order valence-electron chi connectivity index (χ2n) is 6.88. The van der Waals surface area contributed by atoms with Gasteiger partial charge in [0.15, 0.2) is 5.96 Å². The summed E-state index contributed by atoms with van der Waals surface area (Å²) < 4.78 is 0. The predicted octanol–water partition coefficient (Wildman–Crippen LogP) is 2.54. The van der Waals surface area contributed by atoms with Gasteiger partial charge in [0.25, 0.3) is 0 Å². The Bertz CT molecular complexity index is 780. The summed E-state index contributed by atoms with van der Waals surface area (Å²) in [6.07, 6.45) is 2.11. The van der Waals surface area contributed by atoms with E-state index in [1.165, 1.54) is 11.1 Å². The lowest BCUT2D eigenvalue weighted by atomic mass is 10.1. The minimum Gasteiger partial charge on any atom is -0.360 e. The van der Waals surface area contributed by atoms with Gasteiger partial charge in [0.2, 0.25) is 5.91 Å². The largest absolute Gasteiger partial charge is 0.360 e. The highest BCUT2D eigenvalue weighted by Gasteiger charge is 2.16. The summed E-state index contributed by atoms with van der Waals surface area (Å²) in [4.78, 5) is 17.9. The second-order valence-corrected chi connectivity index (χ2v) is 6.88. The number of piperazine rings is 1. The van der Waals surface area contributed by atoms with E-state index in [0.717, 1.165) is 37.6 Å². The molecule has 0 aromatic heterocycles. The number of nitrogens with zero attached hydrogens (tertiary/aromatic N) is 2. The molecule has 1 amide bonds. The van der Waals surface area contributed by atoms with Gasteiger partial charge in [0.05, 0.1) is 6.54 Å². The van der Waals surface area contributed by atoms with E-state index < -0.39 is 0 Å². The standard InChI is InChI=1S/C22H29N5O.HI/c1-23-22(25-13-5-8-18-6-3-2-4-7-18)26-16-19-9-11-20(12-10-19)27-15-14-24-21(28)17-27;/h2-4,6-7,9-12H,5,8,13-17H2,1H3,(H,24,28)(H2,23,25,26);1H. The van der Waals surface area contributed by atoms with Crippen molar-refractivity contribution in [2.45, 2.75) is 19.4 Å². The zero-order valence-corrected chi connectivity index (χ0v) is 19.2. The van der Waals surface area contributed by atoms with Crippen LogP contribution in [0.1, 0.15) is 17.5 Å². The van der Waals surface area contributed by atoms with E-state index in [2.05, 4.69) is 74.4 Å². The van der Waals surface area contributed by atoms with Crippen LogP contribution in [0.15, 0.2) is 59.6 Å². The van der Waals surface area contributed by atoms with E-state index in [1.807, 2.05) is 6.07 Å². The predicted molar refractivity (Wildman–Crippen MR) is 130 cm³/mol. The summed E-state index contributed by atoms with van der Waals surface area (Å²) in [5.74, 6) is 0.893. The molecule has 0 unspecified atom stereocenters. The first-order valence-electron chi connectivity index (χ1n) is 9.83. The lowest BCUT2D eigenvalue weighted by Gasteiger charge is -2.28. The minimum atomic E-state index is 0. The highest BCUT2D eigenvalue weighted by Crippen LogP contribution is 2.16. The van der Waals surface area contributed by atoms with Crippen molar-refractivity contribution in [1.29, 1.82) is 0 Å². The molecular formula is C22H30IN5O. The quantitative estimate of drug-likeness (QED) is 0.233. The summed E-state index contributed by atoms with van der Waals surface area (Å²) in [6, 6.07) is 18.9. The number of guanidine groups is 1. The van der Waals surface area contributed by atoms with Gasteiger partial charge in [-0.15, -0.1) is 24.0 Å². The maximum Gasteiger partial charge on any atom is 0.239 e. The highest BCUT2D eigenvalue weighted by atomic mass is 127. The summed E-state index contributed by atoms with van der Waals surface area (Å²) in [7, 11) is 1.79. The molecule has 0 saturated carbocycles. The third-order valence-electron chi connectivity index (χ3n) is 4.80. The number of halogens is 1. The van der Waals surface area contributed by atoms with Crippen LogP contribution in [0.3, 0.4) is 0 Å². The van der Waals surface area contributed by atoms with E-state index in [0.29, 0.717) is 19.6 Å². The van der Waals surface area contributed by atoms with Gasteiger partial charge < -0.3 is 20.9 Å². The third kappa shape index (κ3) is 7.56. The Balaban J connectivity index is 0.00000300. The van der Waals surface area contributed by atoms with Crippen LogP contribution in [0.5, 0.6) is 0 Å². The number of aliphatic imine (C=N–C) groups is 1. The number of hydrogen-bond donors (Lipinski definition) is 3. The summed E-state index contributed by atoms with van der Waals surface area (Å²) >= 11 is 0. The Hall–Kier alpha value is -2.29. The molecule has 0 bridgehead atoms. The number of benzene rings is 2. The molecule has 6 nitrogen and oxygen atoms in total. The van der Waals surface area contributed by atoms with Gasteiger partial charge in [-0.25, -0.2) is 0 Å². The zero-order valence-electron chi connectivity index (χ0n) is 16.9. The molecule has 2 aromatic carbocycles. The summed E-state index contributed by atoms with van der Waals surface area (Å²) in [5, 5.41) is 9.57. The molecule has 2 aromatic rings. The number of anilines is 1. The number of carbonyl (C=O) groups is 1. The molecule has 1 aliphatic rings. The summed E-state index contributed by atoms with van der Waals surface area (Å²) in [6.45, 7) is 3.57. The minimum absolute atomic E-state index is 0. The van der Waals surface area contributed by atoms with E-state index in [9.17, 15) is 4.79 Å². The van der Waals surface area contributed by atoms with Gasteiger partial charge in [0, 0.05) is 38.9 Å². The average molecular weight is 507 g/mol. The molecule has 1 saturated heterocycles. The fourth-order valence-electron chi connectivity index (χ4n) is 3.23. The molecule has 0 radical (unpaired) electrons. The van der Waals surface area contributed by atoms with Gasteiger partial charge in [0.1, 0.15) is 0 Å². The number of rotatable bonds is 7. The molecule has 1 aliphatic heterocycles. The Kier molecular flexibility index (Phi) is 9.76. The SMILES string of the molecule is CN=C(NCCCc1ccccc1)NCc1ccc(N2CCNC(=O)C2)cc1.I. The molecule has 1 fully saturated rings. The first-order chi connectivity index (χ1) is 13.7. The molecule has 0 spiro atoms. The fraction of sp³-hybridized carbons (Fsp3) is 0.364. The smallest absolute Gasteiger partial charge is 0.239 e. The van der Waals surface area contributed by atoms with Crippen molar-refractivity contribution in [3.63, 3.8) is 0 Å². The number of aryl methyl sites for hydroxylation is 1. The normalized spacial score (nSPS) is 14.0. The van der Waals surface area contributed by atoms with Crippen molar-refractivity contribution < 1.29 is 4.79 Å². The first-order valence-corrected chi connectivity index (χ1v) is 9.83. The van der Waals surface area contributed by atoms with E-state index in [1.54, 1.807) is 7.05 Å². The van der Waals surface area contributed by atoms with Crippen molar-refractivity contribution in [3.05, 3.63) is 65.7 Å². The van der Waals surface area contributed by atoms with Gasteiger partial charge in [-0.3, -0.25) is 9.79 Å². The maximum atomic E-state index is 11.5. The maximum absolute atomic E-state index is 11.5. The molecule has 156 valence electrons. The van der Waals surface area contributed by atoms with Crippen molar-refractivity contribution in [1.82, 2.24) is 16.0 Å². The van der Waals surface area contributed by atoms with E-state index in [4.69, 9.17) is 0 Å². The third-order valence-corrected chi connectivity index (χ3v) is 4.80. The number of carbonyl (C=O) groups excluding carboxylic acids is 1. The van der Waals surface area contributed by atoms with Crippen molar-refractivity contribution in [3.8, 4) is 0 Å². The Labute approximate surface area is 190 Å². The van der Waals surface area contributed by atoms with Crippen LogP contribution < -0.4 is 20.9 Å². The first kappa shape index (κ1) is 23.0. The number of hydrogen-bond acceptors (Lipinski definition) is 3. The molecule has 0 aliphatic carbocycles. The molecule has 7 heteroatoms. The fourth-order valence-corrected chi connectivity index (χ4v) is 3.23. The molecule has 3 N–H and O–H groups in total. The van der Waals surface area contributed by atoms with Gasteiger partial charge in [-0.2, -0.15) is 0 Å². The van der Waals surface area contributed by atoms with Gasteiger partial charge in [-0.05, 0) is 36.1 Å². The lowest BCUT2D eigenvalue weighted by Crippen LogP contribution is -2.47. The van der Waals surface area contributed by atoms with Crippen LogP contribution >= 0.6 is 24.0 Å². The van der Waals surface area contributed by atoms with Gasteiger partial charge in [-0.1, -0.05) is 42.5 Å². The Morgan fingerprint density at radius 1 is 1.07 bits per heavy atom. The molecule has 29 heavy (non-hydrogen) atoms. The average Bonchev–Trinajstić information content (AvgIpc) is 2.74. The van der Waals surface area contributed by atoms with Crippen LogP contribution in [0.25, 0.3) is 0 Å². The van der Waals surface area contributed by atoms with Gasteiger partial charge >= 0.3 is 0 Å². The van der Waals surface area contributed by atoms with Crippen LogP contribution in [-0.4, -0.2) is 45.1 Å². The number of amides is 1. The van der Waals surface area contributed by atoms with Crippen LogP contribution in [0.2, 0.25) is 0 Å². The molecule has 3 rings (SSSR count). The molecular weight excluding hydrogens is 477 g/mol. The second kappa shape index (κ2) is 12.3. The Morgan fingerprint density at radius 2 is 1.83 bits per heavy atom. The number of nitrogens with one attached hydrogen (secondary N) is 3. The summed E-state index contributed by atoms with van der Waals surface area (Å²) in [5.41, 5.74) is 3.62. The van der Waals surface area contributed by atoms with E-state index >= 15 is 0 Å². The highest BCUT2D eigenvalue weighted by molar-refractivity contribution is 14.0. The molecule has 1 heterocycles. The van der Waals surface area contributed by atoms with Crippen molar-refractivity contribution in [2.75, 3.05) is 38.1 Å². The van der Waals surface area contributed by atoms with Crippen LogP contribution in [0, 0.1) is 0 Å². The van der Waals surface area contributed by atoms with E-state index in [-0.39, 0.29) is 29.9 Å². The topological polar surface area (TPSA) is 68.8 Å². The van der Waals surface area contributed by atoms with Crippen LogP contribution in [0.4, 0.5) is 5.69 Å². The Morgan fingerprint density at radius 3 is 2.52 bits per heavy atom.